The van der Waals surface area contributed by atoms with Crippen LogP contribution >= 0.6 is 11.3 Å². The molecule has 0 aliphatic carbocycles. The Bertz CT molecular complexity index is 376. The molecule has 1 fully saturated rings. The van der Waals surface area contributed by atoms with Crippen LogP contribution in [-0.2, 0) is 0 Å². The van der Waals surface area contributed by atoms with Crippen molar-refractivity contribution >= 4 is 11.3 Å². The third kappa shape index (κ3) is 3.21. The minimum absolute atomic E-state index is 0.235. The largest absolute Gasteiger partial charge is 0.326 e. The van der Waals surface area contributed by atoms with E-state index < -0.39 is 0 Å². The van der Waals surface area contributed by atoms with Crippen molar-refractivity contribution in [1.82, 2.24) is 4.90 Å². The Balaban J connectivity index is 2.27. The SMILES string of the molecule is CCC(N)C(c1cccs1)N1CC(C)CC(C)C1C. The minimum atomic E-state index is 0.235. The van der Waals surface area contributed by atoms with Crippen molar-refractivity contribution in [2.24, 2.45) is 17.6 Å². The zero-order chi connectivity index (χ0) is 14.0. The number of likely N-dealkylation sites (tertiary alicyclic amines) is 1. The fourth-order valence-corrected chi connectivity index (χ4v) is 4.35. The molecule has 2 nitrogen and oxygen atoms in total. The van der Waals surface area contributed by atoms with Crippen molar-refractivity contribution in [1.29, 1.82) is 0 Å². The summed E-state index contributed by atoms with van der Waals surface area (Å²) in [5, 5.41) is 2.17. The van der Waals surface area contributed by atoms with Gasteiger partial charge in [-0.25, -0.2) is 0 Å². The van der Waals surface area contributed by atoms with Gasteiger partial charge in [0.05, 0.1) is 6.04 Å². The number of nitrogens with two attached hydrogens (primary N) is 1. The number of piperidine rings is 1. The van der Waals surface area contributed by atoms with Gasteiger partial charge in [0.15, 0.2) is 0 Å². The second-order valence-electron chi connectivity index (χ2n) is 6.29. The molecular weight excluding hydrogens is 252 g/mol. The van der Waals surface area contributed by atoms with Crippen LogP contribution in [0, 0.1) is 11.8 Å². The van der Waals surface area contributed by atoms with Crippen molar-refractivity contribution in [2.45, 2.75) is 58.7 Å². The van der Waals surface area contributed by atoms with E-state index in [9.17, 15) is 0 Å². The number of hydrogen-bond donors (Lipinski definition) is 1. The second kappa shape index (κ2) is 6.38. The normalized spacial score (nSPS) is 32.2. The predicted molar refractivity (Wildman–Crippen MR) is 84.4 cm³/mol. The van der Waals surface area contributed by atoms with Gasteiger partial charge < -0.3 is 5.73 Å². The third-order valence-electron chi connectivity index (χ3n) is 4.71. The fourth-order valence-electron chi connectivity index (χ4n) is 3.43. The Morgan fingerprint density at radius 2 is 2.16 bits per heavy atom. The summed E-state index contributed by atoms with van der Waals surface area (Å²) in [6.45, 7) is 10.5. The monoisotopic (exact) mass is 280 g/mol. The molecule has 5 unspecified atom stereocenters. The van der Waals surface area contributed by atoms with E-state index in [0.29, 0.717) is 12.1 Å². The Hall–Kier alpha value is -0.380. The van der Waals surface area contributed by atoms with E-state index in [1.807, 2.05) is 11.3 Å². The molecule has 1 aromatic rings. The van der Waals surface area contributed by atoms with E-state index in [1.165, 1.54) is 17.8 Å². The molecule has 1 saturated heterocycles. The lowest BCUT2D eigenvalue weighted by Gasteiger charge is -2.46. The van der Waals surface area contributed by atoms with Gasteiger partial charge in [-0.1, -0.05) is 26.8 Å². The first-order valence-electron chi connectivity index (χ1n) is 7.59. The summed E-state index contributed by atoms with van der Waals surface area (Å²) >= 11 is 1.85. The van der Waals surface area contributed by atoms with E-state index in [0.717, 1.165) is 18.3 Å². The highest BCUT2D eigenvalue weighted by atomic mass is 32.1. The van der Waals surface area contributed by atoms with E-state index >= 15 is 0 Å². The number of thiophene rings is 1. The standard InChI is InChI=1S/C16H28N2S/c1-5-14(17)16(15-7-6-8-19-15)18-10-11(2)9-12(3)13(18)4/h6-8,11-14,16H,5,9-10,17H2,1-4H3. The molecule has 1 aliphatic heterocycles. The van der Waals surface area contributed by atoms with Crippen LogP contribution in [-0.4, -0.2) is 23.5 Å². The quantitative estimate of drug-likeness (QED) is 0.906. The minimum Gasteiger partial charge on any atom is -0.326 e. The molecular formula is C16H28N2S. The Kier molecular flexibility index (Phi) is 5.04. The molecule has 3 heteroatoms. The highest BCUT2D eigenvalue weighted by Crippen LogP contribution is 2.37. The number of nitrogens with zero attached hydrogens (tertiary/aromatic N) is 1. The fraction of sp³-hybridized carbons (Fsp3) is 0.750. The summed E-state index contributed by atoms with van der Waals surface area (Å²) in [6.07, 6.45) is 2.38. The first-order valence-corrected chi connectivity index (χ1v) is 8.47. The molecule has 2 N–H and O–H groups in total. The average molecular weight is 280 g/mol. The molecule has 1 aromatic heterocycles. The van der Waals surface area contributed by atoms with Crippen LogP contribution in [0.25, 0.3) is 0 Å². The number of rotatable bonds is 4. The third-order valence-corrected chi connectivity index (χ3v) is 5.66. The van der Waals surface area contributed by atoms with Crippen LogP contribution in [0.1, 0.15) is 51.5 Å². The Labute approximate surface area is 122 Å². The molecule has 0 radical (unpaired) electrons. The lowest BCUT2D eigenvalue weighted by molar-refractivity contribution is 0.0301. The lowest BCUT2D eigenvalue weighted by Crippen LogP contribution is -2.51. The van der Waals surface area contributed by atoms with Crippen molar-refractivity contribution in [3.05, 3.63) is 22.4 Å². The topological polar surface area (TPSA) is 29.3 Å². The highest BCUT2D eigenvalue weighted by Gasteiger charge is 2.36. The molecule has 0 amide bonds. The van der Waals surface area contributed by atoms with Gasteiger partial charge >= 0.3 is 0 Å². The summed E-state index contributed by atoms with van der Waals surface area (Å²) in [7, 11) is 0. The van der Waals surface area contributed by atoms with Gasteiger partial charge in [-0.2, -0.15) is 0 Å². The molecule has 2 heterocycles. The van der Waals surface area contributed by atoms with Crippen molar-refractivity contribution in [3.8, 4) is 0 Å². The zero-order valence-corrected chi connectivity index (χ0v) is 13.5. The van der Waals surface area contributed by atoms with E-state index in [4.69, 9.17) is 5.73 Å². The van der Waals surface area contributed by atoms with Crippen LogP contribution in [0.5, 0.6) is 0 Å². The van der Waals surface area contributed by atoms with Gasteiger partial charge in [-0.3, -0.25) is 4.90 Å². The second-order valence-corrected chi connectivity index (χ2v) is 7.27. The molecule has 0 aromatic carbocycles. The van der Waals surface area contributed by atoms with Crippen LogP contribution < -0.4 is 5.73 Å². The summed E-state index contributed by atoms with van der Waals surface area (Å²) in [5.74, 6) is 1.54. The Morgan fingerprint density at radius 3 is 2.74 bits per heavy atom. The first-order chi connectivity index (χ1) is 9.04. The highest BCUT2D eigenvalue weighted by molar-refractivity contribution is 7.10. The molecule has 5 atom stereocenters. The number of hydrogen-bond acceptors (Lipinski definition) is 3. The van der Waals surface area contributed by atoms with Gasteiger partial charge in [0.2, 0.25) is 0 Å². The first kappa shape index (κ1) is 15.0. The average Bonchev–Trinajstić information content (AvgIpc) is 2.88. The van der Waals surface area contributed by atoms with Crippen LogP contribution in [0.15, 0.2) is 17.5 Å². The molecule has 2 rings (SSSR count). The van der Waals surface area contributed by atoms with Crippen molar-refractivity contribution in [3.63, 3.8) is 0 Å². The van der Waals surface area contributed by atoms with Gasteiger partial charge in [-0.15, -0.1) is 11.3 Å². The summed E-state index contributed by atoms with van der Waals surface area (Å²) < 4.78 is 0. The van der Waals surface area contributed by atoms with Crippen molar-refractivity contribution < 1.29 is 0 Å². The van der Waals surface area contributed by atoms with Gasteiger partial charge in [-0.05, 0) is 43.0 Å². The zero-order valence-electron chi connectivity index (χ0n) is 12.7. The smallest absolute Gasteiger partial charge is 0.0595 e. The maximum atomic E-state index is 6.46. The van der Waals surface area contributed by atoms with Gasteiger partial charge in [0, 0.05) is 23.5 Å². The van der Waals surface area contributed by atoms with Crippen LogP contribution in [0.3, 0.4) is 0 Å². The molecule has 0 spiro atoms. The predicted octanol–water partition coefficient (Wildman–Crippen LogP) is 3.89. The van der Waals surface area contributed by atoms with Gasteiger partial charge in [0.25, 0.3) is 0 Å². The van der Waals surface area contributed by atoms with Crippen molar-refractivity contribution in [2.75, 3.05) is 6.54 Å². The molecule has 1 aliphatic rings. The maximum Gasteiger partial charge on any atom is 0.0595 e. The maximum absolute atomic E-state index is 6.46. The van der Waals surface area contributed by atoms with Crippen LogP contribution in [0.2, 0.25) is 0 Å². The van der Waals surface area contributed by atoms with Gasteiger partial charge in [0.1, 0.15) is 0 Å². The van der Waals surface area contributed by atoms with E-state index in [1.54, 1.807) is 0 Å². The summed E-state index contributed by atoms with van der Waals surface area (Å²) in [5.41, 5.74) is 6.46. The summed E-state index contributed by atoms with van der Waals surface area (Å²) in [6, 6.07) is 5.66. The van der Waals surface area contributed by atoms with E-state index in [2.05, 4.69) is 50.1 Å². The lowest BCUT2D eigenvalue weighted by atomic mass is 9.83. The molecule has 19 heavy (non-hydrogen) atoms. The van der Waals surface area contributed by atoms with Crippen LogP contribution in [0.4, 0.5) is 0 Å². The molecule has 108 valence electrons. The Morgan fingerprint density at radius 1 is 1.42 bits per heavy atom. The molecule has 0 bridgehead atoms. The van der Waals surface area contributed by atoms with E-state index in [-0.39, 0.29) is 6.04 Å². The summed E-state index contributed by atoms with van der Waals surface area (Å²) in [4.78, 5) is 4.10. The molecule has 0 saturated carbocycles.